The summed E-state index contributed by atoms with van der Waals surface area (Å²) in [7, 11) is 1.66. The molecule has 0 bridgehead atoms. The van der Waals surface area contributed by atoms with Crippen LogP contribution in [0.3, 0.4) is 0 Å². The number of aromatic nitrogens is 5. The number of fused-ring (bicyclic) bond motifs is 1. The van der Waals surface area contributed by atoms with Crippen molar-refractivity contribution in [1.82, 2.24) is 24.1 Å². The molecule has 3 aromatic heterocycles. The minimum absolute atomic E-state index is 0.0721. The van der Waals surface area contributed by atoms with Gasteiger partial charge in [-0.3, -0.25) is 9.20 Å². The van der Waals surface area contributed by atoms with Crippen molar-refractivity contribution in [3.63, 3.8) is 0 Å². The highest BCUT2D eigenvalue weighted by Crippen LogP contribution is 2.32. The Kier molecular flexibility index (Phi) is 6.23. The van der Waals surface area contributed by atoms with Gasteiger partial charge < -0.3 is 9.30 Å². The zero-order valence-corrected chi connectivity index (χ0v) is 19.6. The Morgan fingerprint density at radius 2 is 1.88 bits per heavy atom. The molecular formula is C24H21N5O2S2. The van der Waals surface area contributed by atoms with Gasteiger partial charge in [0.2, 0.25) is 0 Å². The largest absolute Gasteiger partial charge is 0.496 e. The highest BCUT2D eigenvalue weighted by Gasteiger charge is 2.18. The number of para-hydroxylation sites is 1. The maximum atomic E-state index is 12.3. The molecule has 5 aromatic rings. The molecule has 166 valence electrons. The lowest BCUT2D eigenvalue weighted by atomic mass is 10.1. The molecular weight excluding hydrogens is 454 g/mol. The van der Waals surface area contributed by atoms with E-state index in [0.717, 1.165) is 34.4 Å². The van der Waals surface area contributed by atoms with E-state index in [-0.39, 0.29) is 5.56 Å². The zero-order chi connectivity index (χ0) is 22.6. The number of aryl methyl sites for hydroxylation is 1. The molecule has 0 spiro atoms. The number of hydrogen-bond donors (Lipinski definition) is 0. The summed E-state index contributed by atoms with van der Waals surface area (Å²) in [6.45, 7) is 0.715. The number of hydrogen-bond acceptors (Lipinski definition) is 7. The first kappa shape index (κ1) is 21.4. The fourth-order valence-corrected chi connectivity index (χ4v) is 5.21. The van der Waals surface area contributed by atoms with Crippen molar-refractivity contribution in [3.05, 3.63) is 93.9 Å². The van der Waals surface area contributed by atoms with Gasteiger partial charge in [-0.2, -0.15) is 0 Å². The maximum Gasteiger partial charge on any atom is 0.258 e. The lowest BCUT2D eigenvalue weighted by Gasteiger charge is -2.12. The van der Waals surface area contributed by atoms with E-state index in [1.807, 2.05) is 47.8 Å². The molecule has 0 amide bonds. The molecule has 0 aliphatic rings. The van der Waals surface area contributed by atoms with Crippen LogP contribution in [0.1, 0.15) is 11.3 Å². The summed E-state index contributed by atoms with van der Waals surface area (Å²) in [4.78, 5) is 17.6. The van der Waals surface area contributed by atoms with E-state index in [2.05, 4.69) is 31.9 Å². The Labute approximate surface area is 198 Å². The zero-order valence-electron chi connectivity index (χ0n) is 17.9. The van der Waals surface area contributed by atoms with E-state index in [9.17, 15) is 4.79 Å². The molecule has 0 fully saturated rings. The number of thioether (sulfide) groups is 1. The molecule has 7 nitrogen and oxygen atoms in total. The predicted octanol–water partition coefficient (Wildman–Crippen LogP) is 4.56. The van der Waals surface area contributed by atoms with Gasteiger partial charge in [-0.15, -0.1) is 21.5 Å². The van der Waals surface area contributed by atoms with Crippen LogP contribution in [-0.2, 0) is 18.7 Å². The first-order valence-corrected chi connectivity index (χ1v) is 12.3. The van der Waals surface area contributed by atoms with Crippen LogP contribution in [0.15, 0.2) is 82.2 Å². The summed E-state index contributed by atoms with van der Waals surface area (Å²) in [6, 6.07) is 19.7. The normalized spacial score (nSPS) is 11.2. The Morgan fingerprint density at radius 1 is 1.06 bits per heavy atom. The van der Waals surface area contributed by atoms with Crippen LogP contribution < -0.4 is 10.3 Å². The van der Waals surface area contributed by atoms with Crippen molar-refractivity contribution < 1.29 is 4.74 Å². The molecule has 0 N–H and O–H groups in total. The van der Waals surface area contributed by atoms with Crippen molar-refractivity contribution in [3.8, 4) is 17.1 Å². The van der Waals surface area contributed by atoms with Crippen LogP contribution >= 0.6 is 23.1 Å². The molecule has 33 heavy (non-hydrogen) atoms. The number of nitrogens with zero attached hydrogens (tertiary/aromatic N) is 5. The maximum absolute atomic E-state index is 12.3. The standard InChI is InChI=1S/C24H21N5O2S2/c1-31-20-10-6-5-9-19(20)22-26-27-24(29(22)12-11-17-7-3-2-4-8-17)33-16-18-15-21(30)28-13-14-32-23(28)25-18/h2-10,13-15H,11-12,16H2,1H3. The molecule has 0 aliphatic heterocycles. The molecule has 9 heteroatoms. The summed E-state index contributed by atoms with van der Waals surface area (Å²) in [5, 5.41) is 11.6. The van der Waals surface area contributed by atoms with Crippen LogP contribution in [0.4, 0.5) is 0 Å². The highest BCUT2D eigenvalue weighted by atomic mass is 32.2. The van der Waals surface area contributed by atoms with Gasteiger partial charge in [0.05, 0.1) is 18.4 Å². The highest BCUT2D eigenvalue weighted by molar-refractivity contribution is 7.98. The number of thiazole rings is 1. The van der Waals surface area contributed by atoms with Gasteiger partial charge in [-0.1, -0.05) is 54.2 Å². The lowest BCUT2D eigenvalue weighted by molar-refractivity contribution is 0.415. The van der Waals surface area contributed by atoms with Crippen LogP contribution in [0.25, 0.3) is 16.3 Å². The predicted molar refractivity (Wildman–Crippen MR) is 131 cm³/mol. The summed E-state index contributed by atoms with van der Waals surface area (Å²) < 4.78 is 9.24. The molecule has 2 aromatic carbocycles. The lowest BCUT2D eigenvalue weighted by Crippen LogP contribution is -2.12. The van der Waals surface area contributed by atoms with Crippen LogP contribution in [0, 0.1) is 0 Å². The molecule has 5 rings (SSSR count). The van der Waals surface area contributed by atoms with Crippen LogP contribution in [0.5, 0.6) is 5.75 Å². The van der Waals surface area contributed by atoms with E-state index in [1.54, 1.807) is 23.8 Å². The van der Waals surface area contributed by atoms with E-state index < -0.39 is 0 Å². The van der Waals surface area contributed by atoms with Crippen molar-refractivity contribution in [2.45, 2.75) is 23.9 Å². The second kappa shape index (κ2) is 9.60. The van der Waals surface area contributed by atoms with Crippen LogP contribution in [0.2, 0.25) is 0 Å². The molecule has 0 saturated heterocycles. The molecule has 0 unspecified atom stereocenters. The summed E-state index contributed by atoms with van der Waals surface area (Å²) in [6.07, 6.45) is 2.58. The number of rotatable bonds is 8. The third-order valence-electron chi connectivity index (χ3n) is 5.24. The van der Waals surface area contributed by atoms with E-state index in [0.29, 0.717) is 17.3 Å². The number of ether oxygens (including phenoxy) is 1. The van der Waals surface area contributed by atoms with Gasteiger partial charge in [0.15, 0.2) is 15.9 Å². The van der Waals surface area contributed by atoms with E-state index >= 15 is 0 Å². The second-order valence-corrected chi connectivity index (χ2v) is 9.14. The first-order chi connectivity index (χ1) is 16.2. The molecule has 0 saturated carbocycles. The topological polar surface area (TPSA) is 74.3 Å². The Bertz CT molecular complexity index is 1440. The Balaban J connectivity index is 1.46. The second-order valence-electron chi connectivity index (χ2n) is 7.32. The van der Waals surface area contributed by atoms with Gasteiger partial charge in [0, 0.05) is 29.9 Å². The number of methoxy groups -OCH3 is 1. The van der Waals surface area contributed by atoms with Crippen molar-refractivity contribution in [2.75, 3.05) is 7.11 Å². The number of benzene rings is 2. The smallest absolute Gasteiger partial charge is 0.258 e. The van der Waals surface area contributed by atoms with Crippen LogP contribution in [-0.4, -0.2) is 31.3 Å². The van der Waals surface area contributed by atoms with Gasteiger partial charge in [-0.05, 0) is 24.1 Å². The van der Waals surface area contributed by atoms with Crippen molar-refractivity contribution >= 4 is 28.1 Å². The summed E-state index contributed by atoms with van der Waals surface area (Å²) in [5.41, 5.74) is 2.79. The van der Waals surface area contributed by atoms with E-state index in [1.165, 1.54) is 28.7 Å². The van der Waals surface area contributed by atoms with Gasteiger partial charge in [0.1, 0.15) is 5.75 Å². The Hall–Kier alpha value is -3.43. The summed E-state index contributed by atoms with van der Waals surface area (Å²) in [5.74, 6) is 2.03. The first-order valence-electron chi connectivity index (χ1n) is 10.4. The fraction of sp³-hybridized carbons (Fsp3) is 0.167. The quantitative estimate of drug-likeness (QED) is 0.306. The van der Waals surface area contributed by atoms with Crippen molar-refractivity contribution in [2.24, 2.45) is 0 Å². The summed E-state index contributed by atoms with van der Waals surface area (Å²) >= 11 is 2.97. The third-order valence-corrected chi connectivity index (χ3v) is 6.99. The minimum atomic E-state index is -0.0721. The molecule has 0 radical (unpaired) electrons. The van der Waals surface area contributed by atoms with Gasteiger partial charge in [0.25, 0.3) is 5.56 Å². The van der Waals surface area contributed by atoms with Gasteiger partial charge in [-0.25, -0.2) is 4.98 Å². The average molecular weight is 476 g/mol. The van der Waals surface area contributed by atoms with Crippen molar-refractivity contribution in [1.29, 1.82) is 0 Å². The average Bonchev–Trinajstić information content (AvgIpc) is 3.49. The SMILES string of the molecule is COc1ccccc1-c1nnc(SCc2cc(=O)n3ccsc3n2)n1CCc1ccccc1. The van der Waals surface area contributed by atoms with Gasteiger partial charge >= 0.3 is 0 Å². The third kappa shape index (κ3) is 4.55. The fourth-order valence-electron chi connectivity index (χ4n) is 3.61. The van der Waals surface area contributed by atoms with E-state index in [4.69, 9.17) is 4.74 Å². The molecule has 3 heterocycles. The molecule has 0 atom stereocenters. The monoisotopic (exact) mass is 475 g/mol. The Morgan fingerprint density at radius 3 is 2.73 bits per heavy atom. The molecule has 0 aliphatic carbocycles. The minimum Gasteiger partial charge on any atom is -0.496 e.